The Hall–Kier alpha value is -1.03. The molecule has 0 radical (unpaired) electrons. The molecule has 0 saturated carbocycles. The van der Waals surface area contributed by atoms with Crippen LogP contribution < -0.4 is 0 Å². The van der Waals surface area contributed by atoms with E-state index in [1.165, 1.54) is 0 Å². The zero-order chi connectivity index (χ0) is 10.0. The minimum Gasteiger partial charge on any atom is -0.275 e. The molecule has 1 aromatic carbocycles. The van der Waals surface area contributed by atoms with E-state index in [9.17, 15) is 18.0 Å². The van der Waals surface area contributed by atoms with Crippen LogP contribution in [-0.4, -0.2) is 5.24 Å². The fourth-order valence-corrected chi connectivity index (χ4v) is 1.02. The van der Waals surface area contributed by atoms with E-state index in [1.54, 1.807) is 0 Å². The first kappa shape index (κ1) is 10.1. The Morgan fingerprint density at radius 2 is 2.00 bits per heavy atom. The zero-order valence-electron chi connectivity index (χ0n) is 6.23. The molecule has 0 amide bonds. The molecular formula is C8H4ClF3O. The van der Waals surface area contributed by atoms with Gasteiger partial charge in [0.2, 0.25) is 0 Å². The van der Waals surface area contributed by atoms with Crippen LogP contribution >= 0.6 is 11.6 Å². The Balaban J connectivity index is 3.26. The van der Waals surface area contributed by atoms with Crippen molar-refractivity contribution in [2.24, 2.45) is 0 Å². The lowest BCUT2D eigenvalue weighted by Crippen LogP contribution is -1.99. The Kier molecular flexibility index (Phi) is 2.93. The monoisotopic (exact) mass is 208 g/mol. The van der Waals surface area contributed by atoms with Crippen molar-refractivity contribution in [1.82, 2.24) is 0 Å². The number of hydrogen-bond donors (Lipinski definition) is 0. The minimum atomic E-state index is -2.95. The smallest absolute Gasteiger partial charge is 0.266 e. The molecule has 5 heteroatoms. The van der Waals surface area contributed by atoms with Crippen molar-refractivity contribution in [2.75, 3.05) is 0 Å². The summed E-state index contributed by atoms with van der Waals surface area (Å²) in [5, 5.41) is -1.08. The van der Waals surface area contributed by atoms with Crippen LogP contribution in [0.3, 0.4) is 0 Å². The molecule has 0 fully saturated rings. The minimum absolute atomic E-state index is 0.528. The van der Waals surface area contributed by atoms with E-state index in [4.69, 9.17) is 11.6 Å². The summed E-state index contributed by atoms with van der Waals surface area (Å²) < 4.78 is 37.1. The van der Waals surface area contributed by atoms with Crippen molar-refractivity contribution in [3.8, 4) is 0 Å². The second-order valence-corrected chi connectivity index (χ2v) is 2.63. The predicted molar refractivity (Wildman–Crippen MR) is 41.5 cm³/mol. The van der Waals surface area contributed by atoms with Crippen molar-refractivity contribution in [3.05, 3.63) is 35.1 Å². The normalized spacial score (nSPS) is 10.5. The average Bonchev–Trinajstić information content (AvgIpc) is 2.03. The third-order valence-corrected chi connectivity index (χ3v) is 1.68. The maximum Gasteiger partial charge on any atom is 0.266 e. The first-order valence-corrected chi connectivity index (χ1v) is 3.68. The number of carbonyl (C=O) groups excluding carboxylic acids is 1. The highest BCUT2D eigenvalue weighted by Gasteiger charge is 2.18. The van der Waals surface area contributed by atoms with Gasteiger partial charge in [-0.05, 0) is 17.7 Å². The maximum absolute atomic E-state index is 13.0. The number of halogens is 4. The third kappa shape index (κ3) is 2.01. The van der Waals surface area contributed by atoms with E-state index in [1.807, 2.05) is 0 Å². The van der Waals surface area contributed by atoms with E-state index < -0.39 is 28.6 Å². The van der Waals surface area contributed by atoms with Crippen molar-refractivity contribution >= 4 is 16.8 Å². The number of carbonyl (C=O) groups is 1. The SMILES string of the molecule is O=C(Cl)c1cccc(C(F)F)c1F. The van der Waals surface area contributed by atoms with E-state index in [0.29, 0.717) is 0 Å². The van der Waals surface area contributed by atoms with Crippen molar-refractivity contribution < 1.29 is 18.0 Å². The van der Waals surface area contributed by atoms with Gasteiger partial charge < -0.3 is 0 Å². The molecular weight excluding hydrogens is 205 g/mol. The average molecular weight is 209 g/mol. The molecule has 0 bridgehead atoms. The summed E-state index contributed by atoms with van der Waals surface area (Å²) in [5.74, 6) is -1.25. The first-order valence-electron chi connectivity index (χ1n) is 3.30. The first-order chi connectivity index (χ1) is 6.04. The summed E-state index contributed by atoms with van der Waals surface area (Å²) >= 11 is 4.96. The zero-order valence-corrected chi connectivity index (χ0v) is 6.99. The highest BCUT2D eigenvalue weighted by Crippen LogP contribution is 2.24. The van der Waals surface area contributed by atoms with Crippen molar-refractivity contribution in [1.29, 1.82) is 0 Å². The van der Waals surface area contributed by atoms with Crippen LogP contribution in [0.4, 0.5) is 13.2 Å². The van der Waals surface area contributed by atoms with Crippen LogP contribution in [0.2, 0.25) is 0 Å². The molecule has 0 heterocycles. The molecule has 0 unspecified atom stereocenters. The molecule has 0 aliphatic heterocycles. The van der Waals surface area contributed by atoms with Crippen LogP contribution in [0.1, 0.15) is 22.3 Å². The summed E-state index contributed by atoms with van der Waals surface area (Å²) in [6.45, 7) is 0. The topological polar surface area (TPSA) is 17.1 Å². The Bertz CT molecular complexity index is 338. The van der Waals surface area contributed by atoms with Crippen LogP contribution in [0, 0.1) is 5.82 Å². The van der Waals surface area contributed by atoms with E-state index in [0.717, 1.165) is 18.2 Å². The molecule has 70 valence electrons. The van der Waals surface area contributed by atoms with E-state index in [-0.39, 0.29) is 0 Å². The summed E-state index contributed by atoms with van der Waals surface area (Å²) in [4.78, 5) is 10.5. The van der Waals surface area contributed by atoms with Gasteiger partial charge in [0.1, 0.15) is 5.82 Å². The van der Waals surface area contributed by atoms with Gasteiger partial charge in [-0.2, -0.15) is 0 Å². The largest absolute Gasteiger partial charge is 0.275 e. The molecule has 0 aromatic heterocycles. The Labute approximate surface area is 77.1 Å². The summed E-state index contributed by atoms with van der Waals surface area (Å²) in [6.07, 6.45) is -2.95. The third-order valence-electron chi connectivity index (χ3n) is 1.48. The molecule has 0 aliphatic rings. The molecule has 1 nitrogen and oxygen atoms in total. The molecule has 13 heavy (non-hydrogen) atoms. The van der Waals surface area contributed by atoms with Gasteiger partial charge in [-0.15, -0.1) is 0 Å². The van der Waals surface area contributed by atoms with E-state index >= 15 is 0 Å². The number of hydrogen-bond acceptors (Lipinski definition) is 1. The van der Waals surface area contributed by atoms with Crippen molar-refractivity contribution in [3.63, 3.8) is 0 Å². The van der Waals surface area contributed by atoms with Crippen LogP contribution in [-0.2, 0) is 0 Å². The highest BCUT2D eigenvalue weighted by molar-refractivity contribution is 6.67. The molecule has 0 aliphatic carbocycles. The molecule has 0 atom stereocenters. The lowest BCUT2D eigenvalue weighted by Gasteiger charge is -2.03. The van der Waals surface area contributed by atoms with Gasteiger partial charge in [0.15, 0.2) is 0 Å². The van der Waals surface area contributed by atoms with Crippen LogP contribution in [0.25, 0.3) is 0 Å². The summed E-state index contributed by atoms with van der Waals surface area (Å²) in [5.41, 5.74) is -1.34. The van der Waals surface area contributed by atoms with Crippen LogP contribution in [0.5, 0.6) is 0 Å². The number of alkyl halides is 2. The fraction of sp³-hybridized carbons (Fsp3) is 0.125. The standard InChI is InChI=1S/C8H4ClF3O/c9-7(13)4-2-1-3-5(6(4)10)8(11)12/h1-3,8H. The fourth-order valence-electron chi connectivity index (χ4n) is 0.870. The molecule has 0 N–H and O–H groups in total. The number of benzene rings is 1. The maximum atomic E-state index is 13.0. The van der Waals surface area contributed by atoms with Gasteiger partial charge >= 0.3 is 0 Å². The highest BCUT2D eigenvalue weighted by atomic mass is 35.5. The predicted octanol–water partition coefficient (Wildman–Crippen LogP) is 3.14. The van der Waals surface area contributed by atoms with Gasteiger partial charge in [0.05, 0.1) is 11.1 Å². The molecule has 1 rings (SSSR count). The van der Waals surface area contributed by atoms with Gasteiger partial charge in [-0.3, -0.25) is 4.79 Å². The van der Waals surface area contributed by atoms with Gasteiger partial charge in [0, 0.05) is 0 Å². The molecule has 0 spiro atoms. The lowest BCUT2D eigenvalue weighted by molar-refractivity contribution is 0.107. The summed E-state index contributed by atoms with van der Waals surface area (Å²) in [6, 6.07) is 3.11. The second kappa shape index (κ2) is 3.79. The molecule has 0 saturated heterocycles. The van der Waals surface area contributed by atoms with Gasteiger partial charge in [-0.1, -0.05) is 12.1 Å². The van der Waals surface area contributed by atoms with E-state index in [2.05, 4.69) is 0 Å². The molecule has 1 aromatic rings. The summed E-state index contributed by atoms with van der Waals surface area (Å²) in [7, 11) is 0. The quantitative estimate of drug-likeness (QED) is 0.683. The second-order valence-electron chi connectivity index (χ2n) is 2.28. The van der Waals surface area contributed by atoms with Gasteiger partial charge in [-0.25, -0.2) is 13.2 Å². The van der Waals surface area contributed by atoms with Crippen LogP contribution in [0.15, 0.2) is 18.2 Å². The van der Waals surface area contributed by atoms with Gasteiger partial charge in [0.25, 0.3) is 11.7 Å². The Morgan fingerprint density at radius 1 is 1.38 bits per heavy atom. The number of rotatable bonds is 2. The lowest BCUT2D eigenvalue weighted by atomic mass is 10.1. The Morgan fingerprint density at radius 3 is 2.46 bits per heavy atom. The van der Waals surface area contributed by atoms with Crippen molar-refractivity contribution in [2.45, 2.75) is 6.43 Å².